The lowest BCUT2D eigenvalue weighted by Crippen LogP contribution is -2.19. The first-order valence-electron chi connectivity index (χ1n) is 10.9. The number of carbonyl (C=O) groups excluding carboxylic acids is 2. The molecule has 0 unspecified atom stereocenters. The number of halogens is 3. The highest BCUT2D eigenvalue weighted by Gasteiger charge is 2.30. The number of benzene rings is 2. The van der Waals surface area contributed by atoms with Gasteiger partial charge in [0.1, 0.15) is 5.82 Å². The molecule has 2 heterocycles. The fourth-order valence-corrected chi connectivity index (χ4v) is 3.90. The van der Waals surface area contributed by atoms with Crippen molar-refractivity contribution in [2.75, 3.05) is 22.2 Å². The zero-order valence-corrected chi connectivity index (χ0v) is 20.4. The Bertz CT molecular complexity index is 1450. The smallest absolute Gasteiger partial charge is 0.332 e. The summed E-state index contributed by atoms with van der Waals surface area (Å²) in [6, 6.07) is 14.1. The van der Waals surface area contributed by atoms with Crippen molar-refractivity contribution >= 4 is 40.9 Å². The Morgan fingerprint density at radius 1 is 0.919 bits per heavy atom. The molecule has 4 rings (SSSR count). The Balaban J connectivity index is 1.58. The summed E-state index contributed by atoms with van der Waals surface area (Å²) < 4.78 is 38.9. The van der Waals surface area contributed by atoms with Crippen molar-refractivity contribution in [3.8, 4) is 22.5 Å². The monoisotopic (exact) mass is 526 g/mol. The molecule has 0 aliphatic rings. The van der Waals surface area contributed by atoms with Gasteiger partial charge in [0.15, 0.2) is 5.16 Å². The highest BCUT2D eigenvalue weighted by Crippen LogP contribution is 2.34. The summed E-state index contributed by atoms with van der Waals surface area (Å²) in [6.45, 7) is 1.39. The largest absolute Gasteiger partial charge is 0.416 e. The molecule has 0 saturated carbocycles. The van der Waals surface area contributed by atoms with E-state index in [2.05, 4.69) is 30.9 Å². The highest BCUT2D eigenvalue weighted by atomic mass is 32.2. The molecule has 3 amide bonds. The van der Waals surface area contributed by atoms with Gasteiger partial charge in [-0.25, -0.2) is 14.8 Å². The van der Waals surface area contributed by atoms with E-state index in [1.165, 1.54) is 30.8 Å². The van der Waals surface area contributed by atoms with Crippen LogP contribution in [0.2, 0.25) is 0 Å². The average Bonchev–Trinajstić information content (AvgIpc) is 3.28. The van der Waals surface area contributed by atoms with E-state index in [9.17, 15) is 22.8 Å². The Hall–Kier alpha value is -4.32. The van der Waals surface area contributed by atoms with Gasteiger partial charge in [0.05, 0.1) is 17.0 Å². The number of alkyl halides is 3. The SMILES string of the molecule is CSc1nc(-c2cccc(NC(=O)Nc3cccc(C(F)(F)F)c3)c2)c(-c2ccnc(NC(C)=O)c2)[nH]1. The topological polar surface area (TPSA) is 112 Å². The first-order chi connectivity index (χ1) is 17.6. The number of nitrogens with one attached hydrogen (secondary N) is 4. The third-order valence-corrected chi connectivity index (χ3v) is 5.65. The Morgan fingerprint density at radius 2 is 1.62 bits per heavy atom. The molecule has 0 aliphatic heterocycles. The molecular weight excluding hydrogens is 505 g/mol. The van der Waals surface area contributed by atoms with Crippen molar-refractivity contribution in [2.24, 2.45) is 0 Å². The van der Waals surface area contributed by atoms with E-state index in [-0.39, 0.29) is 11.6 Å². The van der Waals surface area contributed by atoms with E-state index in [0.29, 0.717) is 33.6 Å². The van der Waals surface area contributed by atoms with Crippen LogP contribution in [0.3, 0.4) is 0 Å². The van der Waals surface area contributed by atoms with Crippen LogP contribution in [0, 0.1) is 0 Å². The second-order valence-electron chi connectivity index (χ2n) is 7.82. The van der Waals surface area contributed by atoms with Gasteiger partial charge in [0.2, 0.25) is 5.91 Å². The van der Waals surface area contributed by atoms with Gasteiger partial charge in [-0.1, -0.05) is 30.0 Å². The molecule has 2 aromatic carbocycles. The van der Waals surface area contributed by atoms with Crippen molar-refractivity contribution in [2.45, 2.75) is 18.3 Å². The normalized spacial score (nSPS) is 11.2. The number of hydrogen-bond acceptors (Lipinski definition) is 5. The fraction of sp³-hybridized carbons (Fsp3) is 0.120. The van der Waals surface area contributed by atoms with Gasteiger partial charge in [-0.2, -0.15) is 13.2 Å². The van der Waals surface area contributed by atoms with Crippen molar-refractivity contribution in [3.05, 3.63) is 72.4 Å². The van der Waals surface area contributed by atoms with Crippen LogP contribution in [0.25, 0.3) is 22.5 Å². The van der Waals surface area contributed by atoms with Gasteiger partial charge in [-0.3, -0.25) is 4.79 Å². The molecule has 8 nitrogen and oxygen atoms in total. The molecule has 0 fully saturated rings. The van der Waals surface area contributed by atoms with Crippen LogP contribution in [-0.2, 0) is 11.0 Å². The number of thioether (sulfide) groups is 1. The summed E-state index contributed by atoms with van der Waals surface area (Å²) in [5.74, 6) is 0.138. The maximum atomic E-state index is 13.0. The first-order valence-corrected chi connectivity index (χ1v) is 12.1. The molecule has 0 radical (unpaired) electrons. The van der Waals surface area contributed by atoms with E-state index in [4.69, 9.17) is 0 Å². The van der Waals surface area contributed by atoms with E-state index in [1.807, 2.05) is 12.3 Å². The number of rotatable bonds is 6. The lowest BCUT2D eigenvalue weighted by atomic mass is 10.1. The number of pyridine rings is 1. The van der Waals surface area contributed by atoms with Crippen LogP contribution in [0.1, 0.15) is 12.5 Å². The average molecular weight is 527 g/mol. The van der Waals surface area contributed by atoms with E-state index >= 15 is 0 Å². The van der Waals surface area contributed by atoms with Crippen molar-refractivity contribution in [1.29, 1.82) is 0 Å². The van der Waals surface area contributed by atoms with Crippen LogP contribution in [0.4, 0.5) is 35.2 Å². The molecule has 37 heavy (non-hydrogen) atoms. The number of hydrogen-bond donors (Lipinski definition) is 4. The third kappa shape index (κ3) is 6.47. The van der Waals surface area contributed by atoms with Crippen molar-refractivity contribution < 1.29 is 22.8 Å². The molecule has 4 aromatic rings. The van der Waals surface area contributed by atoms with Gasteiger partial charge < -0.3 is 20.9 Å². The van der Waals surface area contributed by atoms with E-state index in [0.717, 1.165) is 17.7 Å². The predicted molar refractivity (Wildman–Crippen MR) is 137 cm³/mol. The van der Waals surface area contributed by atoms with E-state index in [1.54, 1.807) is 36.5 Å². The summed E-state index contributed by atoms with van der Waals surface area (Å²) in [5, 5.41) is 8.36. The van der Waals surface area contributed by atoms with Crippen LogP contribution >= 0.6 is 11.8 Å². The van der Waals surface area contributed by atoms with Gasteiger partial charge in [-0.15, -0.1) is 0 Å². The molecule has 0 aliphatic carbocycles. The van der Waals surface area contributed by atoms with Crippen molar-refractivity contribution in [1.82, 2.24) is 15.0 Å². The second-order valence-corrected chi connectivity index (χ2v) is 8.61. The molecule has 0 atom stereocenters. The summed E-state index contributed by atoms with van der Waals surface area (Å²) in [5.41, 5.74) is 2.27. The summed E-state index contributed by atoms with van der Waals surface area (Å²) in [4.78, 5) is 36.0. The van der Waals surface area contributed by atoms with Gasteiger partial charge in [0, 0.05) is 35.6 Å². The number of aromatic amines is 1. The maximum absolute atomic E-state index is 13.0. The minimum atomic E-state index is -4.52. The van der Waals surface area contributed by atoms with Gasteiger partial charge in [-0.05, 0) is 48.7 Å². The van der Waals surface area contributed by atoms with Crippen LogP contribution in [-0.4, -0.2) is 33.1 Å². The zero-order valence-electron chi connectivity index (χ0n) is 19.6. The van der Waals surface area contributed by atoms with Crippen LogP contribution < -0.4 is 16.0 Å². The number of nitrogens with zero attached hydrogens (tertiary/aromatic N) is 2. The van der Waals surface area contributed by atoms with Crippen LogP contribution in [0.5, 0.6) is 0 Å². The molecule has 0 spiro atoms. The van der Waals surface area contributed by atoms with E-state index < -0.39 is 17.8 Å². The standard InChI is InChI=1S/C25H21F3N6O2S/c1-14(35)30-20-12-16(9-10-29-20)22-21(33-24(34-22)37-2)15-5-3-7-18(11-15)31-23(36)32-19-8-4-6-17(13-19)25(26,27)28/h3-13H,1-2H3,(H,33,34)(H,29,30,35)(H2,31,32,36). The Kier molecular flexibility index (Phi) is 7.48. The number of aromatic nitrogens is 3. The number of amides is 3. The lowest BCUT2D eigenvalue weighted by Gasteiger charge is -2.11. The number of imidazole rings is 1. The minimum Gasteiger partial charge on any atom is -0.332 e. The summed E-state index contributed by atoms with van der Waals surface area (Å²) in [6.07, 6.45) is -1.07. The number of carbonyl (C=O) groups is 2. The Morgan fingerprint density at radius 3 is 2.30 bits per heavy atom. The summed E-state index contributed by atoms with van der Waals surface area (Å²) in [7, 11) is 0. The van der Waals surface area contributed by atoms with Gasteiger partial charge >= 0.3 is 12.2 Å². The van der Waals surface area contributed by atoms with Crippen LogP contribution in [0.15, 0.2) is 72.0 Å². The lowest BCUT2D eigenvalue weighted by molar-refractivity contribution is -0.137. The quantitative estimate of drug-likeness (QED) is 0.215. The predicted octanol–water partition coefficient (Wildman–Crippen LogP) is 6.48. The molecule has 0 saturated heterocycles. The Labute approximate surface area is 214 Å². The molecule has 190 valence electrons. The minimum absolute atomic E-state index is 0.00958. The number of urea groups is 1. The second kappa shape index (κ2) is 10.7. The molecule has 4 N–H and O–H groups in total. The number of anilines is 3. The molecule has 0 bridgehead atoms. The van der Waals surface area contributed by atoms with Gasteiger partial charge in [0.25, 0.3) is 0 Å². The zero-order chi connectivity index (χ0) is 26.6. The molecule has 2 aromatic heterocycles. The first kappa shape index (κ1) is 25.8. The molecule has 12 heteroatoms. The highest BCUT2D eigenvalue weighted by molar-refractivity contribution is 7.98. The fourth-order valence-electron chi connectivity index (χ4n) is 3.51. The summed E-state index contributed by atoms with van der Waals surface area (Å²) >= 11 is 1.42. The maximum Gasteiger partial charge on any atom is 0.416 e. The third-order valence-electron chi connectivity index (χ3n) is 5.07. The number of H-pyrrole nitrogens is 1. The molecular formula is C25H21F3N6O2S. The van der Waals surface area contributed by atoms with Crippen molar-refractivity contribution in [3.63, 3.8) is 0 Å².